The summed E-state index contributed by atoms with van der Waals surface area (Å²) in [6.45, 7) is 14.3. The van der Waals surface area contributed by atoms with Gasteiger partial charge in [-0.2, -0.15) is 0 Å². The first-order valence-corrected chi connectivity index (χ1v) is 15.0. The predicted molar refractivity (Wildman–Crippen MR) is 99.0 cm³/mol. The molecule has 0 bridgehead atoms. The molecule has 0 N–H and O–H groups in total. The summed E-state index contributed by atoms with van der Waals surface area (Å²) in [4.78, 5) is 0. The Bertz CT molecular complexity index is 490. The van der Waals surface area contributed by atoms with Gasteiger partial charge in [-0.3, -0.25) is 0 Å². The van der Waals surface area contributed by atoms with Crippen LogP contribution >= 0.6 is 0 Å². The second-order valence-electron chi connectivity index (χ2n) is 8.51. The first kappa shape index (κ1) is 16.4. The van der Waals surface area contributed by atoms with E-state index in [1.165, 1.54) is 12.1 Å². The third kappa shape index (κ3) is 3.56. The molecular weight excluding hydrogens is 304 g/mol. The van der Waals surface area contributed by atoms with E-state index in [1.54, 1.807) is 10.4 Å². The van der Waals surface area contributed by atoms with Gasteiger partial charge in [-0.25, -0.2) is 0 Å². The lowest BCUT2D eigenvalue weighted by Gasteiger charge is -2.26. The van der Waals surface area contributed by atoms with Crippen LogP contribution in [0.1, 0.15) is 13.8 Å². The summed E-state index contributed by atoms with van der Waals surface area (Å²) in [5, 5.41) is 3.14. The Balaban J connectivity index is 1.68. The normalized spacial score (nSPS) is 31.2. The minimum absolute atomic E-state index is 0.484. The van der Waals surface area contributed by atoms with Crippen molar-refractivity contribution in [3.63, 3.8) is 0 Å². The van der Waals surface area contributed by atoms with Gasteiger partial charge in [0.25, 0.3) is 0 Å². The Morgan fingerprint density at radius 3 is 1.23 bits per heavy atom. The van der Waals surface area contributed by atoms with Crippen LogP contribution in [0, 0.1) is 0 Å². The highest BCUT2D eigenvalue weighted by molar-refractivity contribution is 6.91. The van der Waals surface area contributed by atoms with Crippen molar-refractivity contribution in [3.05, 3.63) is 24.3 Å². The van der Waals surface area contributed by atoms with Crippen molar-refractivity contribution in [1.29, 1.82) is 0 Å². The second-order valence-corrected chi connectivity index (χ2v) is 18.0. The molecule has 1 aromatic rings. The topological polar surface area (TPSA) is 25.1 Å². The molecule has 2 aliphatic heterocycles. The Morgan fingerprint density at radius 1 is 0.727 bits per heavy atom. The van der Waals surface area contributed by atoms with Crippen molar-refractivity contribution in [2.75, 3.05) is 0 Å². The molecule has 2 fully saturated rings. The molecule has 3 rings (SSSR count). The van der Waals surface area contributed by atoms with E-state index in [4.69, 9.17) is 9.47 Å². The Labute approximate surface area is 137 Å². The maximum Gasteiger partial charge on any atom is 0.0832 e. The van der Waals surface area contributed by atoms with Crippen molar-refractivity contribution in [2.45, 2.75) is 76.5 Å². The molecular formula is C18H30O2Si2. The Hall–Kier alpha value is -0.426. The van der Waals surface area contributed by atoms with E-state index in [0.29, 0.717) is 24.4 Å². The fourth-order valence-corrected chi connectivity index (χ4v) is 8.98. The molecule has 0 aromatic heterocycles. The molecule has 22 heavy (non-hydrogen) atoms. The van der Waals surface area contributed by atoms with Crippen LogP contribution in [0.4, 0.5) is 0 Å². The zero-order valence-electron chi connectivity index (χ0n) is 14.8. The van der Waals surface area contributed by atoms with E-state index in [1.807, 2.05) is 0 Å². The van der Waals surface area contributed by atoms with Crippen LogP contribution in [0.15, 0.2) is 24.3 Å². The second kappa shape index (κ2) is 5.58. The highest BCUT2D eigenvalue weighted by atomic mass is 28.3. The van der Waals surface area contributed by atoms with Gasteiger partial charge in [0, 0.05) is 0 Å². The van der Waals surface area contributed by atoms with Crippen molar-refractivity contribution in [3.8, 4) is 0 Å². The summed E-state index contributed by atoms with van der Waals surface area (Å²) in [7, 11) is -2.74. The standard InChI is InChI=1S/C18H30O2Si2/c1-13-17(19-13)11-21(3,4)15-7-9-16(10-8-15)22(5,6)12-18-14(2)20-18/h7-10,13-14,17-18H,11-12H2,1-6H3. The minimum Gasteiger partial charge on any atom is -0.370 e. The molecule has 2 aliphatic rings. The quantitative estimate of drug-likeness (QED) is 0.590. The van der Waals surface area contributed by atoms with Crippen molar-refractivity contribution >= 4 is 26.5 Å². The molecule has 4 unspecified atom stereocenters. The van der Waals surface area contributed by atoms with Crippen LogP contribution < -0.4 is 10.4 Å². The lowest BCUT2D eigenvalue weighted by Crippen LogP contribution is -2.46. The number of rotatable bonds is 6. The van der Waals surface area contributed by atoms with Crippen LogP contribution in [0.2, 0.25) is 38.3 Å². The molecule has 0 radical (unpaired) electrons. The van der Waals surface area contributed by atoms with Gasteiger partial charge < -0.3 is 9.47 Å². The lowest BCUT2D eigenvalue weighted by molar-refractivity contribution is 0.387. The van der Waals surface area contributed by atoms with Crippen molar-refractivity contribution in [2.24, 2.45) is 0 Å². The van der Waals surface area contributed by atoms with Gasteiger partial charge in [-0.1, -0.05) is 60.8 Å². The molecule has 2 heterocycles. The first-order chi connectivity index (χ1) is 10.2. The van der Waals surface area contributed by atoms with Gasteiger partial charge >= 0.3 is 0 Å². The highest BCUT2D eigenvalue weighted by Gasteiger charge is 2.42. The monoisotopic (exact) mass is 334 g/mol. The molecule has 0 aliphatic carbocycles. The van der Waals surface area contributed by atoms with Gasteiger partial charge in [0.15, 0.2) is 0 Å². The predicted octanol–water partition coefficient (Wildman–Crippen LogP) is 3.09. The SMILES string of the molecule is CC1OC1C[Si](C)(C)c1ccc([Si](C)(C)CC2OC2C)cc1. The van der Waals surface area contributed by atoms with Crippen LogP contribution in [0.3, 0.4) is 0 Å². The maximum atomic E-state index is 5.64. The van der Waals surface area contributed by atoms with E-state index in [9.17, 15) is 0 Å². The summed E-state index contributed by atoms with van der Waals surface area (Å²) in [5.74, 6) is 0. The van der Waals surface area contributed by atoms with Gasteiger partial charge in [0.1, 0.15) is 0 Å². The summed E-state index contributed by atoms with van der Waals surface area (Å²) >= 11 is 0. The molecule has 2 saturated heterocycles. The smallest absolute Gasteiger partial charge is 0.0832 e. The molecule has 4 heteroatoms. The highest BCUT2D eigenvalue weighted by Crippen LogP contribution is 2.31. The Morgan fingerprint density at radius 2 is 1.00 bits per heavy atom. The van der Waals surface area contributed by atoms with Crippen LogP contribution in [-0.4, -0.2) is 40.6 Å². The average molecular weight is 335 g/mol. The summed E-state index contributed by atoms with van der Waals surface area (Å²) < 4.78 is 11.3. The zero-order chi connectivity index (χ0) is 16.1. The van der Waals surface area contributed by atoms with Gasteiger partial charge in [-0.15, -0.1) is 0 Å². The number of epoxide rings is 2. The number of benzene rings is 1. The molecule has 0 amide bonds. The van der Waals surface area contributed by atoms with Gasteiger partial charge in [-0.05, 0) is 25.9 Å². The molecule has 1 aromatic carbocycles. The third-order valence-corrected chi connectivity index (χ3v) is 12.2. The fourth-order valence-electron chi connectivity index (χ4n) is 3.50. The summed E-state index contributed by atoms with van der Waals surface area (Å²) in [6, 6.07) is 12.1. The largest absolute Gasteiger partial charge is 0.370 e. The maximum absolute atomic E-state index is 5.64. The summed E-state index contributed by atoms with van der Waals surface area (Å²) in [6.07, 6.45) is 2.00. The fraction of sp³-hybridized carbons (Fsp3) is 0.667. The minimum atomic E-state index is -1.37. The molecule has 0 spiro atoms. The molecule has 4 atom stereocenters. The average Bonchev–Trinajstić information content (AvgIpc) is 3.31. The number of hydrogen-bond acceptors (Lipinski definition) is 2. The van der Waals surface area contributed by atoms with Crippen molar-refractivity contribution in [1.82, 2.24) is 0 Å². The van der Waals surface area contributed by atoms with E-state index in [0.717, 1.165) is 0 Å². The van der Waals surface area contributed by atoms with Gasteiger partial charge in [0.05, 0.1) is 40.6 Å². The zero-order valence-corrected chi connectivity index (χ0v) is 16.8. The first-order valence-electron chi connectivity index (χ1n) is 8.61. The van der Waals surface area contributed by atoms with Crippen LogP contribution in [0.25, 0.3) is 0 Å². The lowest BCUT2D eigenvalue weighted by atomic mass is 10.4. The van der Waals surface area contributed by atoms with Gasteiger partial charge in [0.2, 0.25) is 0 Å². The third-order valence-electron chi connectivity index (χ3n) is 5.54. The number of ether oxygens (including phenoxy) is 2. The molecule has 2 nitrogen and oxygen atoms in total. The van der Waals surface area contributed by atoms with Crippen LogP contribution in [-0.2, 0) is 9.47 Å². The number of hydrogen-bond donors (Lipinski definition) is 0. The van der Waals surface area contributed by atoms with E-state index in [2.05, 4.69) is 64.3 Å². The van der Waals surface area contributed by atoms with E-state index < -0.39 is 16.1 Å². The Kier molecular flexibility index (Phi) is 4.17. The molecule has 0 saturated carbocycles. The summed E-state index contributed by atoms with van der Waals surface area (Å²) in [5.41, 5.74) is 0. The van der Waals surface area contributed by atoms with E-state index >= 15 is 0 Å². The molecule has 122 valence electrons. The van der Waals surface area contributed by atoms with E-state index in [-0.39, 0.29) is 0 Å². The van der Waals surface area contributed by atoms with Crippen molar-refractivity contribution < 1.29 is 9.47 Å². The van der Waals surface area contributed by atoms with Crippen LogP contribution in [0.5, 0.6) is 0 Å².